The van der Waals surface area contributed by atoms with Crippen LogP contribution in [0.1, 0.15) is 29.3 Å². The number of carbonyl (C=O) groups is 1. The predicted molar refractivity (Wildman–Crippen MR) is 125 cm³/mol. The molecule has 3 aromatic heterocycles. The van der Waals surface area contributed by atoms with Gasteiger partial charge >= 0.3 is 0 Å². The molecule has 9 heteroatoms. The van der Waals surface area contributed by atoms with Gasteiger partial charge in [-0.05, 0) is 56.2 Å². The Labute approximate surface area is 188 Å². The van der Waals surface area contributed by atoms with Crippen LogP contribution in [0.4, 0.5) is 5.82 Å². The highest BCUT2D eigenvalue weighted by Crippen LogP contribution is 2.33. The van der Waals surface area contributed by atoms with Gasteiger partial charge in [0.25, 0.3) is 5.56 Å². The summed E-state index contributed by atoms with van der Waals surface area (Å²) < 4.78 is 3.33. The van der Waals surface area contributed by atoms with Crippen molar-refractivity contribution in [3.05, 3.63) is 69.8 Å². The number of hydrogen-bond acceptors (Lipinski definition) is 6. The van der Waals surface area contributed by atoms with Gasteiger partial charge in [-0.15, -0.1) is 0 Å². The number of nitrogens with zero attached hydrogens (tertiary/aromatic N) is 5. The third-order valence-corrected chi connectivity index (χ3v) is 6.78. The number of anilines is 1. The van der Waals surface area contributed by atoms with E-state index in [1.54, 1.807) is 21.5 Å². The first-order valence-electron chi connectivity index (χ1n) is 10.3. The molecule has 5 rings (SSSR count). The molecule has 1 aliphatic heterocycles. The molecule has 0 aliphatic carbocycles. The van der Waals surface area contributed by atoms with E-state index < -0.39 is 0 Å². The Balaban J connectivity index is 1.46. The minimum absolute atomic E-state index is 0.170. The average molecular weight is 447 g/mol. The van der Waals surface area contributed by atoms with E-state index in [1.807, 2.05) is 44.2 Å². The van der Waals surface area contributed by atoms with Crippen LogP contribution in [-0.4, -0.2) is 36.0 Å². The first kappa shape index (κ1) is 20.4. The van der Waals surface area contributed by atoms with Crippen molar-refractivity contribution in [1.82, 2.24) is 24.3 Å². The minimum atomic E-state index is -0.269. The fourth-order valence-electron chi connectivity index (χ4n) is 3.85. The molecule has 32 heavy (non-hydrogen) atoms. The summed E-state index contributed by atoms with van der Waals surface area (Å²) in [6.07, 6.45) is 1.73. The molecule has 0 fully saturated rings. The Morgan fingerprint density at radius 1 is 1.16 bits per heavy atom. The molecule has 0 bridgehead atoms. The van der Waals surface area contributed by atoms with Gasteiger partial charge in [-0.25, -0.2) is 14.6 Å². The molecule has 0 radical (unpaired) electrons. The maximum absolute atomic E-state index is 13.3. The summed E-state index contributed by atoms with van der Waals surface area (Å²) in [5, 5.41) is 8.31. The Bertz CT molecular complexity index is 1420. The molecule has 1 N–H and O–H groups in total. The Kier molecular flexibility index (Phi) is 5.05. The summed E-state index contributed by atoms with van der Waals surface area (Å²) >= 11 is 1.48. The Morgan fingerprint density at radius 3 is 2.78 bits per heavy atom. The van der Waals surface area contributed by atoms with Crippen LogP contribution in [0, 0.1) is 20.8 Å². The third kappa shape index (κ3) is 3.58. The number of thioether (sulfide) groups is 1. The second-order valence-corrected chi connectivity index (χ2v) is 9.00. The topological polar surface area (TPSA) is 94.7 Å². The Hall–Kier alpha value is -3.46. The lowest BCUT2D eigenvalue weighted by molar-refractivity contribution is -0.116. The number of carbonyl (C=O) groups excluding carboxylic acids is 1. The smallest absolute Gasteiger partial charge is 0.265 e. The van der Waals surface area contributed by atoms with Gasteiger partial charge in [-0.3, -0.25) is 14.2 Å². The highest BCUT2D eigenvalue weighted by molar-refractivity contribution is 7.99. The van der Waals surface area contributed by atoms with Gasteiger partial charge in [0.2, 0.25) is 5.91 Å². The van der Waals surface area contributed by atoms with Crippen LogP contribution >= 0.6 is 11.8 Å². The van der Waals surface area contributed by atoms with Gasteiger partial charge in [0, 0.05) is 17.9 Å². The standard InChI is InChI=1S/C23H22N6O2S/c1-13-7-8-16(9-14(13)2)29-21-18(11-24-29)22(31)28-17(12-32-23(28)27-21)10-20(30)26-19-6-4-5-15(3)25-19/h4-9,11,17H,10,12H2,1-3H3,(H,25,26,30). The fraction of sp³-hybridized carbons (Fsp3) is 0.261. The summed E-state index contributed by atoms with van der Waals surface area (Å²) in [6, 6.07) is 11.2. The quantitative estimate of drug-likeness (QED) is 0.482. The summed E-state index contributed by atoms with van der Waals surface area (Å²) in [4.78, 5) is 34.9. The van der Waals surface area contributed by atoms with Crippen LogP contribution in [0.15, 0.2) is 52.5 Å². The van der Waals surface area contributed by atoms with Crippen LogP contribution < -0.4 is 10.9 Å². The van der Waals surface area contributed by atoms with Crippen molar-refractivity contribution in [2.45, 2.75) is 38.4 Å². The molecule has 1 aromatic carbocycles. The van der Waals surface area contributed by atoms with E-state index in [1.165, 1.54) is 17.3 Å². The molecule has 8 nitrogen and oxygen atoms in total. The van der Waals surface area contributed by atoms with Crippen molar-refractivity contribution < 1.29 is 4.79 Å². The van der Waals surface area contributed by atoms with Gasteiger partial charge in [0.15, 0.2) is 10.8 Å². The molecule has 0 saturated heterocycles. The summed E-state index contributed by atoms with van der Waals surface area (Å²) in [5.41, 5.74) is 4.39. The van der Waals surface area contributed by atoms with Gasteiger partial charge in [0.05, 0.1) is 17.9 Å². The number of rotatable bonds is 4. The van der Waals surface area contributed by atoms with Crippen molar-refractivity contribution in [3.8, 4) is 5.69 Å². The SMILES string of the molecule is Cc1cccc(NC(=O)CC2CSc3nc4c(cnn4-c4ccc(C)c(C)c4)c(=O)n32)n1. The first-order chi connectivity index (χ1) is 15.4. The van der Waals surface area contributed by atoms with Crippen LogP contribution in [-0.2, 0) is 4.79 Å². The highest BCUT2D eigenvalue weighted by Gasteiger charge is 2.29. The molecule has 0 spiro atoms. The van der Waals surface area contributed by atoms with Gasteiger partial charge in [-0.1, -0.05) is 23.9 Å². The normalized spacial score (nSPS) is 15.2. The molecule has 1 unspecified atom stereocenters. The van der Waals surface area contributed by atoms with Crippen LogP contribution in [0.25, 0.3) is 16.7 Å². The lowest BCUT2D eigenvalue weighted by Gasteiger charge is -2.13. The molecular formula is C23H22N6O2S. The van der Waals surface area contributed by atoms with Crippen LogP contribution in [0.5, 0.6) is 0 Å². The lowest BCUT2D eigenvalue weighted by atomic mass is 10.1. The maximum atomic E-state index is 13.3. The van der Waals surface area contributed by atoms with E-state index in [0.717, 1.165) is 16.9 Å². The average Bonchev–Trinajstić information content (AvgIpc) is 3.35. The predicted octanol–water partition coefficient (Wildman–Crippen LogP) is 3.58. The maximum Gasteiger partial charge on any atom is 0.265 e. The monoisotopic (exact) mass is 446 g/mol. The van der Waals surface area contributed by atoms with Gasteiger partial charge in [-0.2, -0.15) is 5.10 Å². The van der Waals surface area contributed by atoms with Gasteiger partial charge in [0.1, 0.15) is 11.2 Å². The number of nitrogens with one attached hydrogen (secondary N) is 1. The molecule has 1 atom stereocenters. The zero-order valence-corrected chi connectivity index (χ0v) is 18.8. The molecular weight excluding hydrogens is 424 g/mol. The van der Waals surface area contributed by atoms with Crippen LogP contribution in [0.3, 0.4) is 0 Å². The molecule has 1 aliphatic rings. The third-order valence-electron chi connectivity index (χ3n) is 5.68. The van der Waals surface area contributed by atoms with E-state index in [9.17, 15) is 9.59 Å². The molecule has 0 saturated carbocycles. The van der Waals surface area contributed by atoms with Crippen molar-refractivity contribution in [2.75, 3.05) is 11.1 Å². The van der Waals surface area contributed by atoms with Crippen molar-refractivity contribution in [2.24, 2.45) is 0 Å². The highest BCUT2D eigenvalue weighted by atomic mass is 32.2. The summed E-state index contributed by atoms with van der Waals surface area (Å²) in [7, 11) is 0. The zero-order chi connectivity index (χ0) is 22.4. The van der Waals surface area contributed by atoms with Crippen LogP contribution in [0.2, 0.25) is 0 Å². The number of aromatic nitrogens is 5. The van der Waals surface area contributed by atoms with E-state index in [4.69, 9.17) is 4.98 Å². The number of pyridine rings is 1. The van der Waals surface area contributed by atoms with Crippen molar-refractivity contribution in [1.29, 1.82) is 0 Å². The van der Waals surface area contributed by atoms with Crippen molar-refractivity contribution >= 4 is 34.5 Å². The number of benzene rings is 1. The van der Waals surface area contributed by atoms with Crippen molar-refractivity contribution in [3.63, 3.8) is 0 Å². The lowest BCUT2D eigenvalue weighted by Crippen LogP contribution is -2.28. The van der Waals surface area contributed by atoms with E-state index in [0.29, 0.717) is 27.8 Å². The fourth-order valence-corrected chi connectivity index (χ4v) is 4.98. The number of hydrogen-bond donors (Lipinski definition) is 1. The van der Waals surface area contributed by atoms with Gasteiger partial charge < -0.3 is 5.32 Å². The summed E-state index contributed by atoms with van der Waals surface area (Å²) in [5.74, 6) is 0.941. The second kappa shape index (κ2) is 7.90. The number of fused-ring (bicyclic) bond motifs is 2. The number of aryl methyl sites for hydroxylation is 3. The second-order valence-electron chi connectivity index (χ2n) is 8.01. The van der Waals surface area contributed by atoms with E-state index in [-0.39, 0.29) is 23.9 Å². The number of amides is 1. The first-order valence-corrected chi connectivity index (χ1v) is 11.3. The summed E-state index contributed by atoms with van der Waals surface area (Å²) in [6.45, 7) is 5.97. The minimum Gasteiger partial charge on any atom is -0.311 e. The Morgan fingerprint density at radius 2 is 2.00 bits per heavy atom. The molecule has 162 valence electrons. The van der Waals surface area contributed by atoms with E-state index in [2.05, 4.69) is 22.3 Å². The largest absolute Gasteiger partial charge is 0.311 e. The zero-order valence-electron chi connectivity index (χ0n) is 18.0. The molecule has 4 aromatic rings. The molecule has 4 heterocycles. The van der Waals surface area contributed by atoms with E-state index >= 15 is 0 Å². The molecule has 1 amide bonds.